The summed E-state index contributed by atoms with van der Waals surface area (Å²) >= 11 is 0. The maximum atomic E-state index is 11.9. The molecule has 0 spiro atoms. The van der Waals surface area contributed by atoms with Gasteiger partial charge in [0.2, 0.25) is 11.8 Å². The molecule has 1 aliphatic rings. The van der Waals surface area contributed by atoms with Crippen LogP contribution in [0.1, 0.15) is 90.9 Å². The Morgan fingerprint density at radius 2 is 1.43 bits per heavy atom. The fraction of sp³-hybridized carbons (Fsp3) is 0.889. The van der Waals surface area contributed by atoms with Gasteiger partial charge in [-0.1, -0.05) is 71.6 Å². The molecule has 0 aromatic carbocycles. The zero-order chi connectivity index (χ0) is 15.5. The summed E-state index contributed by atoms with van der Waals surface area (Å²) in [7, 11) is 0. The van der Waals surface area contributed by atoms with Crippen molar-refractivity contribution < 1.29 is 9.59 Å². The SMILES string of the molecule is CCCCCCCC(CCCCCC)C1CC(=O)NC1=O. The van der Waals surface area contributed by atoms with Gasteiger partial charge >= 0.3 is 0 Å². The molecule has 0 aliphatic carbocycles. The van der Waals surface area contributed by atoms with Gasteiger partial charge < -0.3 is 0 Å². The minimum absolute atomic E-state index is 0.0194. The van der Waals surface area contributed by atoms with Gasteiger partial charge in [-0.05, 0) is 18.8 Å². The molecule has 2 unspecified atom stereocenters. The molecule has 1 heterocycles. The molecule has 2 atom stereocenters. The largest absolute Gasteiger partial charge is 0.296 e. The van der Waals surface area contributed by atoms with Crippen LogP contribution in [0.5, 0.6) is 0 Å². The quantitative estimate of drug-likeness (QED) is 0.422. The van der Waals surface area contributed by atoms with Crippen LogP contribution >= 0.6 is 0 Å². The number of amides is 2. The van der Waals surface area contributed by atoms with Crippen LogP contribution < -0.4 is 5.32 Å². The molecule has 0 radical (unpaired) electrons. The smallest absolute Gasteiger partial charge is 0.230 e. The second kappa shape index (κ2) is 10.8. The van der Waals surface area contributed by atoms with Gasteiger partial charge in [0.1, 0.15) is 0 Å². The molecular formula is C18H33NO2. The molecule has 1 saturated heterocycles. The van der Waals surface area contributed by atoms with E-state index >= 15 is 0 Å². The van der Waals surface area contributed by atoms with Gasteiger partial charge in [0.05, 0.1) is 0 Å². The van der Waals surface area contributed by atoms with Gasteiger partial charge in [0.25, 0.3) is 0 Å². The Bertz CT molecular complexity index is 314. The Kier molecular flexibility index (Phi) is 9.36. The first-order valence-electron chi connectivity index (χ1n) is 9.02. The van der Waals surface area contributed by atoms with Gasteiger partial charge in [-0.15, -0.1) is 0 Å². The Morgan fingerprint density at radius 1 is 0.905 bits per heavy atom. The van der Waals surface area contributed by atoms with Gasteiger partial charge in [0, 0.05) is 12.3 Å². The average Bonchev–Trinajstić information content (AvgIpc) is 2.80. The Labute approximate surface area is 130 Å². The van der Waals surface area contributed by atoms with Crippen molar-refractivity contribution in [3.63, 3.8) is 0 Å². The molecule has 1 rings (SSSR count). The molecule has 122 valence electrons. The lowest BCUT2D eigenvalue weighted by Gasteiger charge is -2.21. The molecular weight excluding hydrogens is 262 g/mol. The molecule has 0 saturated carbocycles. The van der Waals surface area contributed by atoms with Gasteiger partial charge in [-0.25, -0.2) is 0 Å². The normalized spacial score (nSPS) is 19.8. The van der Waals surface area contributed by atoms with E-state index in [2.05, 4.69) is 19.2 Å². The molecule has 0 aromatic heterocycles. The van der Waals surface area contributed by atoms with Crippen molar-refractivity contribution in [1.82, 2.24) is 5.32 Å². The molecule has 0 aromatic rings. The van der Waals surface area contributed by atoms with E-state index in [9.17, 15) is 9.59 Å². The third kappa shape index (κ3) is 7.10. The van der Waals surface area contributed by atoms with Crippen LogP contribution in [-0.4, -0.2) is 11.8 Å². The van der Waals surface area contributed by atoms with Crippen LogP contribution in [-0.2, 0) is 9.59 Å². The maximum absolute atomic E-state index is 11.9. The van der Waals surface area contributed by atoms with Crippen molar-refractivity contribution in [1.29, 1.82) is 0 Å². The van der Waals surface area contributed by atoms with Crippen LogP contribution in [0.3, 0.4) is 0 Å². The maximum Gasteiger partial charge on any atom is 0.230 e. The van der Waals surface area contributed by atoms with Gasteiger partial charge in [-0.2, -0.15) is 0 Å². The van der Waals surface area contributed by atoms with E-state index in [0.717, 1.165) is 12.8 Å². The number of carbonyl (C=O) groups excluding carboxylic acids is 2. The van der Waals surface area contributed by atoms with E-state index in [1.165, 1.54) is 57.8 Å². The van der Waals surface area contributed by atoms with Crippen molar-refractivity contribution in [3.8, 4) is 0 Å². The lowest BCUT2D eigenvalue weighted by atomic mass is 9.82. The topological polar surface area (TPSA) is 46.2 Å². The molecule has 3 heteroatoms. The van der Waals surface area contributed by atoms with E-state index in [1.807, 2.05) is 0 Å². The lowest BCUT2D eigenvalue weighted by Crippen LogP contribution is -2.26. The van der Waals surface area contributed by atoms with E-state index in [1.54, 1.807) is 0 Å². The second-order valence-corrected chi connectivity index (χ2v) is 6.54. The first-order chi connectivity index (χ1) is 10.2. The fourth-order valence-electron chi connectivity index (χ4n) is 3.34. The third-order valence-electron chi connectivity index (χ3n) is 4.68. The first-order valence-corrected chi connectivity index (χ1v) is 9.02. The standard InChI is InChI=1S/C18H33NO2/c1-3-5-7-9-11-13-15(12-10-8-6-4-2)16-14-17(20)19-18(16)21/h15-16H,3-14H2,1-2H3,(H,19,20,21). The highest BCUT2D eigenvalue weighted by atomic mass is 16.2. The van der Waals surface area contributed by atoms with Crippen molar-refractivity contribution in [2.24, 2.45) is 11.8 Å². The van der Waals surface area contributed by atoms with E-state index < -0.39 is 0 Å². The summed E-state index contributed by atoms with van der Waals surface area (Å²) in [5, 5.41) is 2.48. The van der Waals surface area contributed by atoms with Gasteiger partial charge in [-0.3, -0.25) is 14.9 Å². The van der Waals surface area contributed by atoms with E-state index in [0.29, 0.717) is 12.3 Å². The number of unbranched alkanes of at least 4 members (excludes halogenated alkanes) is 7. The van der Waals surface area contributed by atoms with Crippen LogP contribution in [0.25, 0.3) is 0 Å². The Hall–Kier alpha value is -0.860. The fourth-order valence-corrected chi connectivity index (χ4v) is 3.34. The van der Waals surface area contributed by atoms with Crippen LogP contribution in [0.2, 0.25) is 0 Å². The first kappa shape index (κ1) is 18.2. The molecule has 1 N–H and O–H groups in total. The zero-order valence-electron chi connectivity index (χ0n) is 14.0. The van der Waals surface area contributed by atoms with E-state index in [4.69, 9.17) is 0 Å². The predicted molar refractivity (Wildman–Crippen MR) is 86.9 cm³/mol. The van der Waals surface area contributed by atoms with Crippen LogP contribution in [0.15, 0.2) is 0 Å². The summed E-state index contributed by atoms with van der Waals surface area (Å²) in [4.78, 5) is 23.3. The average molecular weight is 295 g/mol. The second-order valence-electron chi connectivity index (χ2n) is 6.54. The molecule has 0 bridgehead atoms. The Morgan fingerprint density at radius 3 is 1.90 bits per heavy atom. The van der Waals surface area contributed by atoms with E-state index in [-0.39, 0.29) is 17.7 Å². The Balaban J connectivity index is 2.37. The van der Waals surface area contributed by atoms with Crippen molar-refractivity contribution in [2.45, 2.75) is 90.9 Å². The summed E-state index contributed by atoms with van der Waals surface area (Å²) in [5.41, 5.74) is 0. The van der Waals surface area contributed by atoms with Crippen LogP contribution in [0, 0.1) is 11.8 Å². The third-order valence-corrected chi connectivity index (χ3v) is 4.68. The summed E-state index contributed by atoms with van der Waals surface area (Å²) in [6.45, 7) is 4.44. The molecule has 1 fully saturated rings. The summed E-state index contributed by atoms with van der Waals surface area (Å²) in [6, 6.07) is 0. The number of imide groups is 1. The van der Waals surface area contributed by atoms with Crippen molar-refractivity contribution >= 4 is 11.8 Å². The van der Waals surface area contributed by atoms with Crippen molar-refractivity contribution in [2.75, 3.05) is 0 Å². The van der Waals surface area contributed by atoms with Crippen LogP contribution in [0.4, 0.5) is 0 Å². The van der Waals surface area contributed by atoms with Crippen molar-refractivity contribution in [3.05, 3.63) is 0 Å². The number of hydrogen-bond donors (Lipinski definition) is 1. The lowest BCUT2D eigenvalue weighted by molar-refractivity contribution is -0.126. The molecule has 1 aliphatic heterocycles. The zero-order valence-corrected chi connectivity index (χ0v) is 14.0. The number of rotatable bonds is 12. The summed E-state index contributed by atoms with van der Waals surface area (Å²) < 4.78 is 0. The molecule has 21 heavy (non-hydrogen) atoms. The highest BCUT2D eigenvalue weighted by Crippen LogP contribution is 2.30. The highest BCUT2D eigenvalue weighted by Gasteiger charge is 2.35. The van der Waals surface area contributed by atoms with Gasteiger partial charge in [0.15, 0.2) is 0 Å². The number of carbonyl (C=O) groups is 2. The summed E-state index contributed by atoms with van der Waals surface area (Å²) in [6.07, 6.45) is 14.0. The molecule has 3 nitrogen and oxygen atoms in total. The minimum Gasteiger partial charge on any atom is -0.296 e. The highest BCUT2D eigenvalue weighted by molar-refractivity contribution is 6.03. The summed E-state index contributed by atoms with van der Waals surface area (Å²) in [5.74, 6) is 0.267. The predicted octanol–water partition coefficient (Wildman–Crippen LogP) is 4.60. The molecule has 2 amide bonds. The number of nitrogens with one attached hydrogen (secondary N) is 1. The monoisotopic (exact) mass is 295 g/mol. The number of hydrogen-bond acceptors (Lipinski definition) is 2. The minimum atomic E-state index is -0.0745.